The van der Waals surface area contributed by atoms with E-state index in [-0.39, 0.29) is 11.6 Å². The standard InChI is InChI=1S/C19H15F.C17H13F.C13H10O.C13H10S.2C13H12.C10H16Si/c1-14-18(16-10-6-3-7-11-16)12-17(13-19(14)20)15-8-4-2-5-9-15;1-12-9-14(11-15(18)10-12)17-8-4-6-13-5-2-3-7-16(13)17;2*1-9-5-4-7-11-10-6-2-3-8-12(10)14-13(9)11;1-11-7-5-6-10-13(11)12-8-3-2-4-9-12;1-11-7-9-13(10-8-11)12-5-3-2-4-6-12;1-9-5-7-10(8-6-9)11(2,3)4/h2-13H,1H3;2-11H,1H3;2*2-8H,1H3;2*2-10H,1H3;5-8H,1-4H3. The molecule has 17 rings (SSSR count). The minimum Gasteiger partial charge on any atom is -0.456 e. The highest BCUT2D eigenvalue weighted by Crippen LogP contribution is 2.37. The number of para-hydroxylation sites is 2. The van der Waals surface area contributed by atoms with E-state index in [1.54, 1.807) is 23.4 Å². The van der Waals surface area contributed by atoms with E-state index < -0.39 is 8.07 Å². The van der Waals surface area contributed by atoms with Gasteiger partial charge in [0.25, 0.3) is 0 Å². The van der Waals surface area contributed by atoms with Gasteiger partial charge in [-0.25, -0.2) is 8.78 Å². The second kappa shape index (κ2) is 34.8. The zero-order valence-electron chi connectivity index (χ0n) is 60.6. The molecule has 17 aromatic rings. The molecule has 5 heteroatoms. The summed E-state index contributed by atoms with van der Waals surface area (Å²) in [6.07, 6.45) is 0. The van der Waals surface area contributed by atoms with Crippen LogP contribution in [0.5, 0.6) is 0 Å². The number of thiophene rings is 1. The monoisotopic (exact) mass is 1380 g/mol. The van der Waals surface area contributed by atoms with Gasteiger partial charge in [0.2, 0.25) is 0 Å². The van der Waals surface area contributed by atoms with Gasteiger partial charge in [0, 0.05) is 30.9 Å². The minimum atomic E-state index is -1.06. The first-order valence-electron chi connectivity index (χ1n) is 35.2. The van der Waals surface area contributed by atoms with Crippen LogP contribution in [0.3, 0.4) is 0 Å². The van der Waals surface area contributed by atoms with Crippen molar-refractivity contribution in [3.05, 3.63) is 402 Å². The zero-order valence-corrected chi connectivity index (χ0v) is 62.4. The molecule has 0 saturated carbocycles. The third-order valence-corrected chi connectivity index (χ3v) is 21.6. The maximum absolute atomic E-state index is 14.2. The lowest BCUT2D eigenvalue weighted by molar-refractivity contribution is 0.619. The highest BCUT2D eigenvalue weighted by molar-refractivity contribution is 7.26. The fraction of sp³-hybridized carbons (Fsp3) is 0.102. The summed E-state index contributed by atoms with van der Waals surface area (Å²) in [5.41, 5.74) is 21.3. The van der Waals surface area contributed by atoms with E-state index >= 15 is 0 Å². The van der Waals surface area contributed by atoms with Gasteiger partial charge in [-0.1, -0.05) is 351 Å². The Hall–Kier alpha value is -11.3. The van der Waals surface area contributed by atoms with Gasteiger partial charge >= 0.3 is 0 Å². The van der Waals surface area contributed by atoms with Gasteiger partial charge < -0.3 is 4.42 Å². The van der Waals surface area contributed by atoms with E-state index in [2.05, 4.69) is 267 Å². The molecule has 0 atom stereocenters. The van der Waals surface area contributed by atoms with Gasteiger partial charge in [-0.3, -0.25) is 0 Å². The molecule has 0 unspecified atom stereocenters. The van der Waals surface area contributed by atoms with E-state index in [4.69, 9.17) is 4.42 Å². The minimum absolute atomic E-state index is 0.162. The topological polar surface area (TPSA) is 13.1 Å². The zero-order chi connectivity index (χ0) is 72.2. The highest BCUT2D eigenvalue weighted by atomic mass is 32.1. The molecule has 0 amide bonds. The van der Waals surface area contributed by atoms with Crippen molar-refractivity contribution in [1.82, 2.24) is 0 Å². The van der Waals surface area contributed by atoms with Crippen molar-refractivity contribution in [3.63, 3.8) is 0 Å². The lowest BCUT2D eigenvalue weighted by Crippen LogP contribution is -2.37. The number of aryl methyl sites for hydroxylation is 6. The van der Waals surface area contributed by atoms with Crippen molar-refractivity contribution < 1.29 is 13.2 Å². The Kier molecular flexibility index (Phi) is 24.6. The molecule has 0 aliphatic carbocycles. The summed E-state index contributed by atoms with van der Waals surface area (Å²) in [4.78, 5) is 0. The van der Waals surface area contributed by atoms with Crippen LogP contribution in [-0.4, -0.2) is 8.07 Å². The number of fused-ring (bicyclic) bond motifs is 7. The molecule has 0 aliphatic heterocycles. The average Bonchev–Trinajstić information content (AvgIpc) is 1.62. The van der Waals surface area contributed by atoms with Gasteiger partial charge in [0.05, 0.1) is 8.07 Å². The molecule has 0 spiro atoms. The van der Waals surface area contributed by atoms with E-state index in [1.165, 1.54) is 86.4 Å². The quantitative estimate of drug-likeness (QED) is 0.151. The van der Waals surface area contributed by atoms with Crippen LogP contribution in [0.4, 0.5) is 8.78 Å². The second-order valence-corrected chi connectivity index (χ2v) is 33.2. The van der Waals surface area contributed by atoms with Gasteiger partial charge in [-0.2, -0.15) is 0 Å². The molecular formula is C98H88F2OSSi. The maximum Gasteiger partial charge on any atom is 0.138 e. The third-order valence-electron chi connectivity index (χ3n) is 18.2. The first-order chi connectivity index (χ1) is 49.9. The molecule has 15 aromatic carbocycles. The van der Waals surface area contributed by atoms with E-state index in [1.807, 2.05) is 147 Å². The lowest BCUT2D eigenvalue weighted by Gasteiger charge is -2.16. The van der Waals surface area contributed by atoms with Crippen LogP contribution in [-0.2, 0) is 0 Å². The number of hydrogen-bond acceptors (Lipinski definition) is 2. The van der Waals surface area contributed by atoms with Crippen molar-refractivity contribution >= 4 is 77.5 Å². The Bertz CT molecular complexity index is 5420. The fourth-order valence-corrected chi connectivity index (χ4v) is 14.8. The average molecular weight is 1380 g/mol. The number of halogens is 2. The highest BCUT2D eigenvalue weighted by Gasteiger charge is 2.16. The molecule has 0 radical (unpaired) electrons. The predicted molar refractivity (Wildman–Crippen MR) is 446 cm³/mol. The predicted octanol–water partition coefficient (Wildman–Crippen LogP) is 28.5. The van der Waals surface area contributed by atoms with Crippen LogP contribution < -0.4 is 5.19 Å². The Balaban J connectivity index is 0.000000122. The molecule has 2 heterocycles. The van der Waals surface area contributed by atoms with Gasteiger partial charge in [0.1, 0.15) is 22.8 Å². The Morgan fingerprint density at radius 3 is 1.37 bits per heavy atom. The first kappa shape index (κ1) is 72.9. The summed E-state index contributed by atoms with van der Waals surface area (Å²) in [6, 6.07) is 119. The second-order valence-electron chi connectivity index (χ2n) is 27.0. The molecule has 0 fully saturated rings. The summed E-state index contributed by atoms with van der Waals surface area (Å²) < 4.78 is 36.3. The van der Waals surface area contributed by atoms with E-state index in [0.29, 0.717) is 5.56 Å². The van der Waals surface area contributed by atoms with Crippen molar-refractivity contribution in [2.24, 2.45) is 0 Å². The molecule has 103 heavy (non-hydrogen) atoms. The third kappa shape index (κ3) is 19.2. The Labute approximate surface area is 612 Å². The van der Waals surface area contributed by atoms with Gasteiger partial charge in [-0.15, -0.1) is 11.3 Å². The van der Waals surface area contributed by atoms with Crippen molar-refractivity contribution in [1.29, 1.82) is 0 Å². The SMILES string of the molecule is Cc1c(F)cc(-c2ccccc2)cc1-c1ccccc1.Cc1cc(F)cc(-c2cccc3ccccc23)c1.Cc1ccc(-c2ccccc2)cc1.Cc1ccc([Si](C)(C)C)cc1.Cc1cccc2c1oc1ccccc12.Cc1cccc2c1sc1ccccc12.Cc1ccccc1-c1ccccc1. The number of benzene rings is 15. The van der Waals surface area contributed by atoms with E-state index in [9.17, 15) is 8.78 Å². The number of rotatable bonds is 6. The smallest absolute Gasteiger partial charge is 0.138 e. The van der Waals surface area contributed by atoms with Crippen LogP contribution in [0, 0.1) is 60.1 Å². The normalized spacial score (nSPS) is 10.7. The lowest BCUT2D eigenvalue weighted by atomic mass is 9.95. The summed E-state index contributed by atoms with van der Waals surface area (Å²) in [5, 5.41) is 9.07. The van der Waals surface area contributed by atoms with Crippen molar-refractivity contribution in [3.8, 4) is 55.6 Å². The van der Waals surface area contributed by atoms with Crippen LogP contribution in [0.1, 0.15) is 38.9 Å². The summed E-state index contributed by atoms with van der Waals surface area (Å²) >= 11 is 1.89. The van der Waals surface area contributed by atoms with Crippen LogP contribution >= 0.6 is 11.3 Å². The van der Waals surface area contributed by atoms with Crippen LogP contribution in [0.15, 0.2) is 356 Å². The summed E-state index contributed by atoms with van der Waals surface area (Å²) in [6.45, 7) is 21.5. The van der Waals surface area contributed by atoms with E-state index in [0.717, 1.165) is 55.5 Å². The molecule has 2 aromatic heterocycles. The van der Waals surface area contributed by atoms with Crippen molar-refractivity contribution in [2.45, 2.75) is 68.1 Å². The summed E-state index contributed by atoms with van der Waals surface area (Å²) in [7, 11) is -1.06. The van der Waals surface area contributed by atoms with Crippen LogP contribution in [0.25, 0.3) is 109 Å². The number of hydrogen-bond donors (Lipinski definition) is 0. The van der Waals surface area contributed by atoms with Gasteiger partial charge in [0.15, 0.2) is 0 Å². The molecule has 0 N–H and O–H groups in total. The number of furan rings is 1. The van der Waals surface area contributed by atoms with Crippen molar-refractivity contribution in [2.75, 3.05) is 0 Å². The summed E-state index contributed by atoms with van der Waals surface area (Å²) in [5.74, 6) is -0.344. The Morgan fingerprint density at radius 2 is 0.748 bits per heavy atom. The Morgan fingerprint density at radius 1 is 0.291 bits per heavy atom. The van der Waals surface area contributed by atoms with Crippen LogP contribution in [0.2, 0.25) is 19.6 Å². The molecule has 510 valence electrons. The largest absolute Gasteiger partial charge is 0.456 e. The molecular weight excluding hydrogens is 1290 g/mol. The molecule has 1 nitrogen and oxygen atoms in total. The first-order valence-corrected chi connectivity index (χ1v) is 39.5. The maximum atomic E-state index is 14.2. The fourth-order valence-electron chi connectivity index (χ4n) is 12.5. The molecule has 0 saturated heterocycles. The molecule has 0 bridgehead atoms. The van der Waals surface area contributed by atoms with Gasteiger partial charge in [-0.05, 0) is 179 Å². The molecule has 0 aliphatic rings.